The number of benzene rings is 1. The highest BCUT2D eigenvalue weighted by atomic mass is 35.5. The molecule has 0 saturated heterocycles. The minimum absolute atomic E-state index is 0.0963. The first kappa shape index (κ1) is 9.21. The van der Waals surface area contributed by atoms with Gasteiger partial charge in [0.15, 0.2) is 0 Å². The van der Waals surface area contributed by atoms with Crippen LogP contribution in [0.25, 0.3) is 5.03 Å². The van der Waals surface area contributed by atoms with E-state index in [0.717, 1.165) is 23.4 Å². The summed E-state index contributed by atoms with van der Waals surface area (Å²) in [5.74, 6) is 0. The van der Waals surface area contributed by atoms with Crippen molar-refractivity contribution < 1.29 is 4.92 Å². The normalized spacial score (nSPS) is 13.9. The number of hydrogen-bond donors (Lipinski definition) is 0. The maximum Gasteiger partial charge on any atom is 0.269 e. The van der Waals surface area contributed by atoms with Crippen LogP contribution in [-0.4, -0.2) is 4.92 Å². The molecule has 0 N–H and O–H groups in total. The van der Waals surface area contributed by atoms with E-state index in [1.165, 1.54) is 17.7 Å². The third-order valence-electron chi connectivity index (χ3n) is 2.14. The van der Waals surface area contributed by atoms with Crippen LogP contribution in [0.1, 0.15) is 18.4 Å². The van der Waals surface area contributed by atoms with Crippen molar-refractivity contribution in [2.45, 2.75) is 12.8 Å². The molecule has 2 rings (SSSR count). The second-order valence-corrected chi connectivity index (χ2v) is 3.60. The summed E-state index contributed by atoms with van der Waals surface area (Å²) in [6.07, 6.45) is 2.10. The predicted molar refractivity (Wildman–Crippen MR) is 55.1 cm³/mol. The maximum atomic E-state index is 10.4. The highest BCUT2D eigenvalue weighted by Gasteiger charge is 2.17. The molecule has 1 fully saturated rings. The minimum Gasteiger partial charge on any atom is -0.258 e. The molecule has 1 saturated carbocycles. The third kappa shape index (κ3) is 1.77. The Bertz CT molecular complexity index is 403. The summed E-state index contributed by atoms with van der Waals surface area (Å²) in [6.45, 7) is 0. The number of nitro groups is 1. The molecular weight excluding hydrogens is 202 g/mol. The van der Waals surface area contributed by atoms with Crippen molar-refractivity contribution in [2.24, 2.45) is 0 Å². The molecule has 1 aromatic carbocycles. The van der Waals surface area contributed by atoms with Gasteiger partial charge >= 0.3 is 0 Å². The number of halogens is 1. The van der Waals surface area contributed by atoms with E-state index in [9.17, 15) is 10.1 Å². The Balaban J connectivity index is 2.30. The Kier molecular flexibility index (Phi) is 2.25. The van der Waals surface area contributed by atoms with Gasteiger partial charge in [0.25, 0.3) is 5.69 Å². The smallest absolute Gasteiger partial charge is 0.258 e. The van der Waals surface area contributed by atoms with Gasteiger partial charge in [-0.3, -0.25) is 10.1 Å². The lowest BCUT2D eigenvalue weighted by atomic mass is 10.2. The number of allylic oxidation sites excluding steroid dienone is 1. The topological polar surface area (TPSA) is 43.1 Å². The number of rotatable bonds is 2. The van der Waals surface area contributed by atoms with Gasteiger partial charge in [-0.2, -0.15) is 0 Å². The minimum atomic E-state index is -0.415. The largest absolute Gasteiger partial charge is 0.269 e. The van der Waals surface area contributed by atoms with Crippen LogP contribution < -0.4 is 0 Å². The molecule has 72 valence electrons. The summed E-state index contributed by atoms with van der Waals surface area (Å²) in [4.78, 5) is 9.97. The molecule has 1 aliphatic rings. The number of nitro benzene ring substituents is 1. The fraction of sp³-hybridized carbons (Fsp3) is 0.200. The Labute approximate surface area is 86.2 Å². The lowest BCUT2D eigenvalue weighted by Gasteiger charge is -1.97. The second kappa shape index (κ2) is 3.42. The van der Waals surface area contributed by atoms with Crippen LogP contribution in [0.2, 0.25) is 0 Å². The lowest BCUT2D eigenvalue weighted by Crippen LogP contribution is -1.87. The Morgan fingerprint density at radius 2 is 1.86 bits per heavy atom. The van der Waals surface area contributed by atoms with Gasteiger partial charge in [0.2, 0.25) is 0 Å². The van der Waals surface area contributed by atoms with Crippen molar-refractivity contribution in [3.05, 3.63) is 45.5 Å². The molecule has 0 spiro atoms. The van der Waals surface area contributed by atoms with Crippen molar-refractivity contribution in [1.82, 2.24) is 0 Å². The van der Waals surface area contributed by atoms with Crippen molar-refractivity contribution in [3.8, 4) is 0 Å². The predicted octanol–water partition coefficient (Wildman–Crippen LogP) is 3.34. The summed E-state index contributed by atoms with van der Waals surface area (Å²) in [5.41, 5.74) is 2.20. The zero-order valence-corrected chi connectivity index (χ0v) is 8.12. The third-order valence-corrected chi connectivity index (χ3v) is 2.63. The summed E-state index contributed by atoms with van der Waals surface area (Å²) in [6, 6.07) is 6.32. The van der Waals surface area contributed by atoms with Gasteiger partial charge in [-0.25, -0.2) is 0 Å². The van der Waals surface area contributed by atoms with Crippen molar-refractivity contribution in [1.29, 1.82) is 0 Å². The van der Waals surface area contributed by atoms with E-state index >= 15 is 0 Å². The molecule has 0 amide bonds. The average molecular weight is 210 g/mol. The molecule has 0 aliphatic heterocycles. The molecule has 1 aromatic rings. The summed E-state index contributed by atoms with van der Waals surface area (Å²) in [5, 5.41) is 11.1. The number of non-ortho nitro benzene ring substituents is 1. The van der Waals surface area contributed by atoms with Gasteiger partial charge in [0, 0.05) is 17.2 Å². The standard InChI is InChI=1S/C10H8ClNO2/c11-10(7-1-2-7)8-3-5-9(6-4-8)12(13)14/h3-6H,1-2H2. The van der Waals surface area contributed by atoms with Gasteiger partial charge in [0.05, 0.1) is 4.92 Å². The number of hydrogen-bond acceptors (Lipinski definition) is 2. The fourth-order valence-electron chi connectivity index (χ4n) is 1.22. The quantitative estimate of drug-likeness (QED) is 0.554. The molecule has 1 aliphatic carbocycles. The first-order chi connectivity index (χ1) is 6.68. The first-order valence-corrected chi connectivity index (χ1v) is 4.68. The summed E-state index contributed by atoms with van der Waals surface area (Å²) >= 11 is 6.05. The van der Waals surface area contributed by atoms with Gasteiger partial charge < -0.3 is 0 Å². The van der Waals surface area contributed by atoms with Gasteiger partial charge in [-0.1, -0.05) is 17.2 Å². The SMILES string of the molecule is O=[N+]([O-])c1ccc(C(Cl)=C2CC2)cc1. The van der Waals surface area contributed by atoms with Crippen LogP contribution in [0.3, 0.4) is 0 Å². The zero-order chi connectivity index (χ0) is 10.1. The average Bonchev–Trinajstić information content (AvgIpc) is 3.00. The Morgan fingerprint density at radius 1 is 1.29 bits per heavy atom. The van der Waals surface area contributed by atoms with Crippen LogP contribution in [0.4, 0.5) is 5.69 Å². The van der Waals surface area contributed by atoms with Crippen molar-refractivity contribution in [2.75, 3.05) is 0 Å². The Hall–Kier alpha value is -1.35. The molecule has 3 nitrogen and oxygen atoms in total. The summed E-state index contributed by atoms with van der Waals surface area (Å²) in [7, 11) is 0. The zero-order valence-electron chi connectivity index (χ0n) is 7.37. The van der Waals surface area contributed by atoms with E-state index in [0.29, 0.717) is 0 Å². The molecule has 0 bridgehead atoms. The fourth-order valence-corrected chi connectivity index (χ4v) is 1.53. The molecule has 0 unspecified atom stereocenters. The highest BCUT2D eigenvalue weighted by Crippen LogP contribution is 2.38. The van der Waals surface area contributed by atoms with Gasteiger partial charge in [0.1, 0.15) is 0 Å². The van der Waals surface area contributed by atoms with E-state index < -0.39 is 4.92 Å². The maximum absolute atomic E-state index is 10.4. The van der Waals surface area contributed by atoms with Gasteiger partial charge in [-0.05, 0) is 30.5 Å². The molecule has 0 aromatic heterocycles. The first-order valence-electron chi connectivity index (χ1n) is 4.31. The highest BCUT2D eigenvalue weighted by molar-refractivity contribution is 6.49. The van der Waals surface area contributed by atoms with Crippen LogP contribution in [0.5, 0.6) is 0 Å². The molecule has 4 heteroatoms. The lowest BCUT2D eigenvalue weighted by molar-refractivity contribution is -0.384. The molecular formula is C10H8ClNO2. The molecule has 0 heterocycles. The van der Waals surface area contributed by atoms with Crippen LogP contribution in [0.15, 0.2) is 29.8 Å². The van der Waals surface area contributed by atoms with E-state index in [1.807, 2.05) is 0 Å². The monoisotopic (exact) mass is 209 g/mol. The van der Waals surface area contributed by atoms with Crippen LogP contribution in [-0.2, 0) is 0 Å². The van der Waals surface area contributed by atoms with Crippen molar-refractivity contribution in [3.63, 3.8) is 0 Å². The molecule has 14 heavy (non-hydrogen) atoms. The van der Waals surface area contributed by atoms with E-state index in [-0.39, 0.29) is 5.69 Å². The molecule has 0 atom stereocenters. The number of nitrogens with zero attached hydrogens (tertiary/aromatic N) is 1. The summed E-state index contributed by atoms with van der Waals surface area (Å²) < 4.78 is 0. The van der Waals surface area contributed by atoms with E-state index in [2.05, 4.69) is 0 Å². The molecule has 0 radical (unpaired) electrons. The second-order valence-electron chi connectivity index (χ2n) is 3.22. The van der Waals surface area contributed by atoms with E-state index in [1.54, 1.807) is 12.1 Å². The van der Waals surface area contributed by atoms with E-state index in [4.69, 9.17) is 11.6 Å². The van der Waals surface area contributed by atoms with Crippen molar-refractivity contribution >= 4 is 22.3 Å². The van der Waals surface area contributed by atoms with Crippen LogP contribution >= 0.6 is 11.6 Å². The van der Waals surface area contributed by atoms with Crippen LogP contribution in [0, 0.1) is 10.1 Å². The Morgan fingerprint density at radius 3 is 2.29 bits per heavy atom. The van der Waals surface area contributed by atoms with Gasteiger partial charge in [-0.15, -0.1) is 0 Å².